The summed E-state index contributed by atoms with van der Waals surface area (Å²) < 4.78 is 5.49. The molecule has 0 saturated heterocycles. The Morgan fingerprint density at radius 3 is 2.39 bits per heavy atom. The molecule has 0 spiro atoms. The third-order valence-corrected chi connectivity index (χ3v) is 6.87. The Hall–Kier alpha value is -2.80. The molecule has 2 heterocycles. The van der Waals surface area contributed by atoms with Gasteiger partial charge in [-0.15, -0.1) is 0 Å². The van der Waals surface area contributed by atoms with Gasteiger partial charge in [0.15, 0.2) is 5.82 Å². The first kappa shape index (κ1) is 20.1. The van der Waals surface area contributed by atoms with Gasteiger partial charge in [-0.25, -0.2) is 0 Å². The summed E-state index contributed by atoms with van der Waals surface area (Å²) in [7, 11) is 0. The zero-order valence-electron chi connectivity index (χ0n) is 17.7. The lowest BCUT2D eigenvalue weighted by atomic mass is 10.0. The first-order chi connectivity index (χ1) is 15.1. The minimum absolute atomic E-state index is 0.0157. The molecule has 2 aliphatic rings. The Labute approximate surface area is 186 Å². The molecule has 7 heteroatoms. The SMILES string of the molecule is CC(C)C(NC(=O)CCN1c2ccccc2Sc2ccccc21)c1nc(C2CC2)no1. The summed E-state index contributed by atoms with van der Waals surface area (Å²) in [4.78, 5) is 22.1. The van der Waals surface area contributed by atoms with Crippen molar-refractivity contribution in [2.45, 2.75) is 54.9 Å². The lowest BCUT2D eigenvalue weighted by Gasteiger charge is -2.32. The van der Waals surface area contributed by atoms with Crippen LogP contribution < -0.4 is 10.2 Å². The van der Waals surface area contributed by atoms with Crippen molar-refractivity contribution < 1.29 is 9.32 Å². The standard InChI is InChI=1S/C24H26N4O2S/c1-15(2)22(24-26-23(27-30-24)16-11-12-16)25-21(29)13-14-28-17-7-3-5-9-19(17)31-20-10-6-4-8-18(20)28/h3-10,15-16,22H,11-14H2,1-2H3,(H,25,29). The number of rotatable bonds is 7. The molecular weight excluding hydrogens is 408 g/mol. The van der Waals surface area contributed by atoms with Crippen molar-refractivity contribution >= 4 is 29.0 Å². The summed E-state index contributed by atoms with van der Waals surface area (Å²) in [6, 6.07) is 16.4. The van der Waals surface area contributed by atoms with Crippen molar-refractivity contribution in [1.29, 1.82) is 0 Å². The maximum atomic E-state index is 12.9. The largest absolute Gasteiger partial charge is 0.344 e. The van der Waals surface area contributed by atoms with Crippen LogP contribution in [0.2, 0.25) is 0 Å². The number of hydrogen-bond donors (Lipinski definition) is 1. The summed E-state index contributed by atoms with van der Waals surface area (Å²) >= 11 is 1.77. The fourth-order valence-corrected chi connectivity index (χ4v) is 4.97. The molecule has 0 radical (unpaired) electrons. The molecule has 3 aromatic rings. The first-order valence-corrected chi connectivity index (χ1v) is 11.7. The molecule has 2 aromatic carbocycles. The quantitative estimate of drug-likeness (QED) is 0.533. The number of hydrogen-bond acceptors (Lipinski definition) is 6. The first-order valence-electron chi connectivity index (χ1n) is 10.9. The number of fused-ring (bicyclic) bond motifs is 2. The van der Waals surface area contributed by atoms with Crippen LogP contribution in [0, 0.1) is 5.92 Å². The highest BCUT2D eigenvalue weighted by Crippen LogP contribution is 2.47. The minimum Gasteiger partial charge on any atom is -0.344 e. The van der Waals surface area contributed by atoms with Crippen molar-refractivity contribution in [3.63, 3.8) is 0 Å². The van der Waals surface area contributed by atoms with E-state index in [2.05, 4.69) is 70.6 Å². The molecule has 1 aliphatic heterocycles. The zero-order chi connectivity index (χ0) is 21.4. The Kier molecular flexibility index (Phi) is 5.44. The second-order valence-electron chi connectivity index (χ2n) is 8.49. The van der Waals surface area contributed by atoms with E-state index in [1.165, 1.54) is 9.79 Å². The van der Waals surface area contributed by atoms with E-state index in [1.807, 2.05) is 12.1 Å². The molecule has 5 rings (SSSR count). The topological polar surface area (TPSA) is 71.3 Å². The maximum absolute atomic E-state index is 12.9. The molecule has 1 atom stereocenters. The molecule has 1 aromatic heterocycles. The third kappa shape index (κ3) is 4.19. The summed E-state index contributed by atoms with van der Waals surface area (Å²) in [6.45, 7) is 4.71. The Bertz CT molecular complexity index is 1050. The summed E-state index contributed by atoms with van der Waals surface area (Å²) in [5, 5.41) is 7.24. The Balaban J connectivity index is 1.30. The minimum atomic E-state index is -0.274. The van der Waals surface area contributed by atoms with Gasteiger partial charge in [0.2, 0.25) is 11.8 Å². The highest BCUT2D eigenvalue weighted by atomic mass is 32.2. The average molecular weight is 435 g/mol. The molecule has 1 amide bonds. The van der Waals surface area contributed by atoms with Gasteiger partial charge in [-0.1, -0.05) is 55.0 Å². The molecule has 1 saturated carbocycles. The van der Waals surface area contributed by atoms with Gasteiger partial charge in [0, 0.05) is 28.7 Å². The van der Waals surface area contributed by atoms with Gasteiger partial charge in [-0.05, 0) is 43.0 Å². The Morgan fingerprint density at radius 1 is 1.13 bits per heavy atom. The second kappa shape index (κ2) is 8.38. The van der Waals surface area contributed by atoms with Crippen LogP contribution >= 0.6 is 11.8 Å². The van der Waals surface area contributed by atoms with E-state index in [1.54, 1.807) is 11.8 Å². The van der Waals surface area contributed by atoms with Crippen LogP contribution in [-0.4, -0.2) is 22.6 Å². The maximum Gasteiger partial charge on any atom is 0.249 e. The number of anilines is 2. The molecule has 1 fully saturated rings. The van der Waals surface area contributed by atoms with Crippen LogP contribution in [0.25, 0.3) is 0 Å². The van der Waals surface area contributed by atoms with Crippen LogP contribution in [-0.2, 0) is 4.79 Å². The number of nitrogens with one attached hydrogen (secondary N) is 1. The predicted octanol–water partition coefficient (Wildman–Crippen LogP) is 5.45. The number of carbonyl (C=O) groups excluding carboxylic acids is 1. The smallest absolute Gasteiger partial charge is 0.249 e. The predicted molar refractivity (Wildman–Crippen MR) is 121 cm³/mol. The average Bonchev–Trinajstić information content (AvgIpc) is 3.52. The fraction of sp³-hybridized carbons (Fsp3) is 0.375. The fourth-order valence-electron chi connectivity index (χ4n) is 3.88. The van der Waals surface area contributed by atoms with E-state index in [0.717, 1.165) is 30.0 Å². The molecule has 1 N–H and O–H groups in total. The highest BCUT2D eigenvalue weighted by Gasteiger charge is 2.32. The van der Waals surface area contributed by atoms with Crippen molar-refractivity contribution in [1.82, 2.24) is 15.5 Å². The van der Waals surface area contributed by atoms with Crippen molar-refractivity contribution in [2.24, 2.45) is 5.92 Å². The molecular formula is C24H26N4O2S. The molecule has 31 heavy (non-hydrogen) atoms. The van der Waals surface area contributed by atoms with Crippen LogP contribution in [0.3, 0.4) is 0 Å². The van der Waals surface area contributed by atoms with Gasteiger partial charge in [0.05, 0.1) is 11.4 Å². The van der Waals surface area contributed by atoms with Crippen LogP contribution in [0.15, 0.2) is 62.8 Å². The van der Waals surface area contributed by atoms with Crippen LogP contribution in [0.5, 0.6) is 0 Å². The van der Waals surface area contributed by atoms with Crippen molar-refractivity contribution in [3.8, 4) is 0 Å². The van der Waals surface area contributed by atoms with Gasteiger partial charge in [-0.3, -0.25) is 4.79 Å². The highest BCUT2D eigenvalue weighted by molar-refractivity contribution is 7.99. The zero-order valence-corrected chi connectivity index (χ0v) is 18.6. The van der Waals surface area contributed by atoms with E-state index in [0.29, 0.717) is 24.8 Å². The van der Waals surface area contributed by atoms with Crippen molar-refractivity contribution in [2.75, 3.05) is 11.4 Å². The van der Waals surface area contributed by atoms with Gasteiger partial charge in [0.25, 0.3) is 0 Å². The van der Waals surface area contributed by atoms with Gasteiger partial charge in [-0.2, -0.15) is 4.98 Å². The van der Waals surface area contributed by atoms with E-state index >= 15 is 0 Å². The van der Waals surface area contributed by atoms with Gasteiger partial charge in [0.1, 0.15) is 6.04 Å². The van der Waals surface area contributed by atoms with Crippen LogP contribution in [0.1, 0.15) is 56.8 Å². The van der Waals surface area contributed by atoms with E-state index in [-0.39, 0.29) is 17.9 Å². The lowest BCUT2D eigenvalue weighted by molar-refractivity contribution is -0.122. The van der Waals surface area contributed by atoms with E-state index in [9.17, 15) is 4.79 Å². The number of aromatic nitrogens is 2. The van der Waals surface area contributed by atoms with Gasteiger partial charge >= 0.3 is 0 Å². The number of nitrogens with zero attached hydrogens (tertiary/aromatic N) is 3. The summed E-state index contributed by atoms with van der Waals surface area (Å²) in [5.74, 6) is 1.85. The second-order valence-corrected chi connectivity index (χ2v) is 9.58. The van der Waals surface area contributed by atoms with E-state index < -0.39 is 0 Å². The Morgan fingerprint density at radius 2 is 1.77 bits per heavy atom. The van der Waals surface area contributed by atoms with Crippen molar-refractivity contribution in [3.05, 3.63) is 60.2 Å². The summed E-state index contributed by atoms with van der Waals surface area (Å²) in [5.41, 5.74) is 2.29. The normalized spacial score (nSPS) is 16.0. The van der Waals surface area contributed by atoms with E-state index in [4.69, 9.17) is 4.52 Å². The number of carbonyl (C=O) groups is 1. The monoisotopic (exact) mass is 434 g/mol. The molecule has 160 valence electrons. The molecule has 1 aliphatic carbocycles. The number of amides is 1. The number of benzene rings is 2. The van der Waals surface area contributed by atoms with Crippen LogP contribution in [0.4, 0.5) is 11.4 Å². The third-order valence-electron chi connectivity index (χ3n) is 5.74. The molecule has 6 nitrogen and oxygen atoms in total. The molecule has 1 unspecified atom stereocenters. The molecule has 0 bridgehead atoms. The lowest BCUT2D eigenvalue weighted by Crippen LogP contribution is -2.34. The number of para-hydroxylation sites is 2. The van der Waals surface area contributed by atoms with Gasteiger partial charge < -0.3 is 14.7 Å². The summed E-state index contributed by atoms with van der Waals surface area (Å²) in [6.07, 6.45) is 2.61.